The molecule has 1 aromatic heterocycles. The summed E-state index contributed by atoms with van der Waals surface area (Å²) in [5.41, 5.74) is 0.850. The fourth-order valence-corrected chi connectivity index (χ4v) is 1.21. The third kappa shape index (κ3) is 3.09. The minimum Gasteiger partial charge on any atom is -0.324 e. The van der Waals surface area contributed by atoms with E-state index in [4.69, 9.17) is 23.2 Å². The molecule has 1 aromatic rings. The minimum atomic E-state index is -0.602. The monoisotopic (exact) mass is 260 g/mol. The van der Waals surface area contributed by atoms with E-state index in [1.807, 2.05) is 6.92 Å². The van der Waals surface area contributed by atoms with Crippen molar-refractivity contribution in [3.8, 4) is 0 Å². The highest BCUT2D eigenvalue weighted by Gasteiger charge is 2.26. The van der Waals surface area contributed by atoms with Gasteiger partial charge in [0.2, 0.25) is 5.91 Å². The van der Waals surface area contributed by atoms with Gasteiger partial charge >= 0.3 is 0 Å². The van der Waals surface area contributed by atoms with Crippen molar-refractivity contribution in [1.29, 1.82) is 0 Å². The van der Waals surface area contributed by atoms with Crippen LogP contribution in [0.1, 0.15) is 19.4 Å². The highest BCUT2D eigenvalue weighted by molar-refractivity contribution is 6.30. The Kier molecular flexibility index (Phi) is 4.16. The van der Waals surface area contributed by atoms with Crippen molar-refractivity contribution in [2.24, 2.45) is 5.41 Å². The SMILES string of the molecule is Cc1cc(NC(=O)C(C)(C)CCl)cnc1Cl. The molecule has 0 spiro atoms. The van der Waals surface area contributed by atoms with Gasteiger partial charge in [-0.2, -0.15) is 0 Å². The number of carbonyl (C=O) groups excluding carboxylic acids is 1. The Morgan fingerprint density at radius 1 is 1.56 bits per heavy atom. The Balaban J connectivity index is 2.82. The van der Waals surface area contributed by atoms with Crippen LogP contribution in [0.3, 0.4) is 0 Å². The Morgan fingerprint density at radius 3 is 2.69 bits per heavy atom. The molecule has 1 rings (SSSR count). The molecule has 0 aliphatic heterocycles. The van der Waals surface area contributed by atoms with Crippen LogP contribution in [0.15, 0.2) is 12.3 Å². The largest absolute Gasteiger partial charge is 0.324 e. The molecule has 1 heterocycles. The molecule has 16 heavy (non-hydrogen) atoms. The molecule has 0 unspecified atom stereocenters. The van der Waals surface area contributed by atoms with Gasteiger partial charge in [0.05, 0.1) is 17.3 Å². The molecule has 1 N–H and O–H groups in total. The average Bonchev–Trinajstić information content (AvgIpc) is 2.23. The molecule has 3 nitrogen and oxygen atoms in total. The van der Waals surface area contributed by atoms with E-state index in [2.05, 4.69) is 10.3 Å². The molecule has 1 amide bonds. The van der Waals surface area contributed by atoms with Crippen LogP contribution in [0.2, 0.25) is 5.15 Å². The second-order valence-corrected chi connectivity index (χ2v) is 4.93. The van der Waals surface area contributed by atoms with Gasteiger partial charge in [-0.3, -0.25) is 4.79 Å². The van der Waals surface area contributed by atoms with E-state index in [0.717, 1.165) is 5.56 Å². The van der Waals surface area contributed by atoms with Crippen molar-refractivity contribution >= 4 is 34.8 Å². The van der Waals surface area contributed by atoms with E-state index in [-0.39, 0.29) is 11.8 Å². The second-order valence-electron chi connectivity index (χ2n) is 4.30. The number of aryl methyl sites for hydroxylation is 1. The number of amides is 1. The summed E-state index contributed by atoms with van der Waals surface area (Å²) in [5.74, 6) is 0.129. The van der Waals surface area contributed by atoms with Gasteiger partial charge in [0.15, 0.2) is 0 Å². The predicted octanol–water partition coefficient (Wildman–Crippen LogP) is 3.25. The second kappa shape index (κ2) is 5.02. The smallest absolute Gasteiger partial charge is 0.231 e. The summed E-state index contributed by atoms with van der Waals surface area (Å²) in [6.45, 7) is 5.40. The van der Waals surface area contributed by atoms with Gasteiger partial charge < -0.3 is 5.32 Å². The first-order valence-electron chi connectivity index (χ1n) is 4.86. The summed E-state index contributed by atoms with van der Waals surface area (Å²) in [6.07, 6.45) is 1.53. The van der Waals surface area contributed by atoms with E-state index in [1.54, 1.807) is 19.9 Å². The molecule has 0 aliphatic rings. The van der Waals surface area contributed by atoms with E-state index < -0.39 is 5.41 Å². The van der Waals surface area contributed by atoms with Gasteiger partial charge in [0.1, 0.15) is 5.15 Å². The van der Waals surface area contributed by atoms with Crippen LogP contribution in [-0.2, 0) is 4.79 Å². The van der Waals surface area contributed by atoms with Crippen molar-refractivity contribution in [3.63, 3.8) is 0 Å². The minimum absolute atomic E-state index is 0.133. The number of halogens is 2. The van der Waals surface area contributed by atoms with E-state index in [0.29, 0.717) is 10.8 Å². The highest BCUT2D eigenvalue weighted by Crippen LogP contribution is 2.21. The molecule has 88 valence electrons. The fraction of sp³-hybridized carbons (Fsp3) is 0.455. The molecule has 0 bridgehead atoms. The first-order valence-corrected chi connectivity index (χ1v) is 5.77. The number of nitrogens with one attached hydrogen (secondary N) is 1. The maximum absolute atomic E-state index is 11.8. The molecule has 0 atom stereocenters. The van der Waals surface area contributed by atoms with Gasteiger partial charge in [-0.05, 0) is 32.4 Å². The van der Waals surface area contributed by atoms with Crippen LogP contribution in [0, 0.1) is 12.3 Å². The van der Waals surface area contributed by atoms with Crippen LogP contribution in [-0.4, -0.2) is 16.8 Å². The number of alkyl halides is 1. The Hall–Kier alpha value is -0.800. The molecule has 0 saturated carbocycles. The summed E-state index contributed by atoms with van der Waals surface area (Å²) in [5, 5.41) is 3.20. The van der Waals surface area contributed by atoms with Gasteiger partial charge in [-0.25, -0.2) is 4.98 Å². The Bertz CT molecular complexity index is 405. The number of hydrogen-bond donors (Lipinski definition) is 1. The lowest BCUT2D eigenvalue weighted by Crippen LogP contribution is -2.32. The van der Waals surface area contributed by atoms with Crippen molar-refractivity contribution in [3.05, 3.63) is 23.0 Å². The van der Waals surface area contributed by atoms with Crippen molar-refractivity contribution in [1.82, 2.24) is 4.98 Å². The van der Waals surface area contributed by atoms with E-state index >= 15 is 0 Å². The third-order valence-corrected chi connectivity index (χ3v) is 3.28. The lowest BCUT2D eigenvalue weighted by molar-refractivity contribution is -0.122. The summed E-state index contributed by atoms with van der Waals surface area (Å²) < 4.78 is 0. The van der Waals surface area contributed by atoms with Crippen LogP contribution >= 0.6 is 23.2 Å². The first-order chi connectivity index (χ1) is 7.36. The zero-order chi connectivity index (χ0) is 12.3. The van der Waals surface area contributed by atoms with Gasteiger partial charge in [-0.1, -0.05) is 11.6 Å². The molecule has 0 saturated heterocycles. The number of rotatable bonds is 3. The first kappa shape index (κ1) is 13.3. The normalized spacial score (nSPS) is 11.3. The number of anilines is 1. The summed E-state index contributed by atoms with van der Waals surface area (Å²) >= 11 is 11.5. The lowest BCUT2D eigenvalue weighted by atomic mass is 9.95. The van der Waals surface area contributed by atoms with Gasteiger partial charge in [0.25, 0.3) is 0 Å². The van der Waals surface area contributed by atoms with Crippen molar-refractivity contribution in [2.45, 2.75) is 20.8 Å². The third-order valence-electron chi connectivity index (χ3n) is 2.22. The summed E-state index contributed by atoms with van der Waals surface area (Å²) in [6, 6.07) is 1.78. The quantitative estimate of drug-likeness (QED) is 0.670. The Morgan fingerprint density at radius 2 is 2.19 bits per heavy atom. The van der Waals surface area contributed by atoms with E-state index in [1.165, 1.54) is 6.20 Å². The maximum Gasteiger partial charge on any atom is 0.231 e. The average molecular weight is 261 g/mol. The molecule has 0 radical (unpaired) electrons. The molecule has 0 aliphatic carbocycles. The highest BCUT2D eigenvalue weighted by atomic mass is 35.5. The summed E-state index contributed by atoms with van der Waals surface area (Å²) in [7, 11) is 0. The molecular weight excluding hydrogens is 247 g/mol. The number of aromatic nitrogens is 1. The van der Waals surface area contributed by atoms with Crippen LogP contribution < -0.4 is 5.32 Å². The molecular formula is C11H14Cl2N2O. The standard InChI is InChI=1S/C11H14Cl2N2O/c1-7-4-8(5-14-9(7)13)15-10(16)11(2,3)6-12/h4-5H,6H2,1-3H3,(H,15,16). The van der Waals surface area contributed by atoms with E-state index in [9.17, 15) is 4.79 Å². The zero-order valence-electron chi connectivity index (χ0n) is 9.47. The van der Waals surface area contributed by atoms with Crippen molar-refractivity contribution < 1.29 is 4.79 Å². The zero-order valence-corrected chi connectivity index (χ0v) is 11.0. The fourth-order valence-electron chi connectivity index (χ4n) is 0.987. The maximum atomic E-state index is 11.8. The number of nitrogens with zero attached hydrogens (tertiary/aromatic N) is 1. The number of pyridine rings is 1. The van der Waals surface area contributed by atoms with Crippen molar-refractivity contribution in [2.75, 3.05) is 11.2 Å². The lowest BCUT2D eigenvalue weighted by Gasteiger charge is -2.20. The van der Waals surface area contributed by atoms with Crippen LogP contribution in [0.4, 0.5) is 5.69 Å². The van der Waals surface area contributed by atoms with Crippen LogP contribution in [0.25, 0.3) is 0 Å². The number of hydrogen-bond acceptors (Lipinski definition) is 2. The molecule has 0 fully saturated rings. The topological polar surface area (TPSA) is 42.0 Å². The predicted molar refractivity (Wildman–Crippen MR) is 67.1 cm³/mol. The summed E-state index contributed by atoms with van der Waals surface area (Å²) in [4.78, 5) is 15.8. The number of carbonyl (C=O) groups is 1. The molecule has 0 aromatic carbocycles. The van der Waals surface area contributed by atoms with Gasteiger partial charge in [-0.15, -0.1) is 11.6 Å². The van der Waals surface area contributed by atoms with Crippen LogP contribution in [0.5, 0.6) is 0 Å². The molecule has 5 heteroatoms. The Labute approximate surface area is 105 Å². The van der Waals surface area contributed by atoms with Gasteiger partial charge in [0, 0.05) is 5.88 Å².